The summed E-state index contributed by atoms with van der Waals surface area (Å²) in [6.07, 6.45) is 9.09. The van der Waals surface area contributed by atoms with Crippen LogP contribution in [0, 0.1) is 5.92 Å². The maximum Gasteiger partial charge on any atom is 0.0645 e. The van der Waals surface area contributed by atoms with E-state index in [0.29, 0.717) is 0 Å². The Bertz CT molecular complexity index is 516. The number of aromatic nitrogens is 2. The SMILES string of the molecule is NNC(CCC1CC1)c1cnn(-c2ccccc2)c1. The van der Waals surface area contributed by atoms with Gasteiger partial charge in [0.05, 0.1) is 11.9 Å². The molecule has 3 rings (SSSR count). The van der Waals surface area contributed by atoms with E-state index in [1.807, 2.05) is 41.2 Å². The number of nitrogens with zero attached hydrogens (tertiary/aromatic N) is 2. The van der Waals surface area contributed by atoms with E-state index in [9.17, 15) is 0 Å². The Morgan fingerprint density at radius 1 is 1.32 bits per heavy atom. The highest BCUT2D eigenvalue weighted by Crippen LogP contribution is 2.35. The molecule has 1 heterocycles. The average Bonchev–Trinajstić information content (AvgIpc) is 3.16. The molecule has 2 aromatic rings. The molecule has 4 nitrogen and oxygen atoms in total. The van der Waals surface area contributed by atoms with E-state index in [-0.39, 0.29) is 6.04 Å². The van der Waals surface area contributed by atoms with Gasteiger partial charge in [-0.1, -0.05) is 31.0 Å². The summed E-state index contributed by atoms with van der Waals surface area (Å²) < 4.78 is 1.90. The third kappa shape index (κ3) is 3.03. The molecule has 1 unspecified atom stereocenters. The number of hydrogen-bond acceptors (Lipinski definition) is 3. The molecule has 0 bridgehead atoms. The van der Waals surface area contributed by atoms with Gasteiger partial charge in [0.25, 0.3) is 0 Å². The van der Waals surface area contributed by atoms with Crippen LogP contribution in [0.1, 0.15) is 37.3 Å². The van der Waals surface area contributed by atoms with Gasteiger partial charge < -0.3 is 0 Å². The molecular formula is C15H20N4. The summed E-state index contributed by atoms with van der Waals surface area (Å²) in [5.74, 6) is 6.60. The highest BCUT2D eigenvalue weighted by molar-refractivity contribution is 5.31. The van der Waals surface area contributed by atoms with Crippen LogP contribution in [-0.2, 0) is 0 Å². The number of para-hydroxylation sites is 1. The minimum atomic E-state index is 0.207. The number of hydrogen-bond donors (Lipinski definition) is 2. The van der Waals surface area contributed by atoms with E-state index in [0.717, 1.165) is 23.6 Å². The fraction of sp³-hybridized carbons (Fsp3) is 0.400. The van der Waals surface area contributed by atoms with Gasteiger partial charge in [0.1, 0.15) is 0 Å². The summed E-state index contributed by atoms with van der Waals surface area (Å²) in [7, 11) is 0. The summed E-state index contributed by atoms with van der Waals surface area (Å²) in [5.41, 5.74) is 5.15. The van der Waals surface area contributed by atoms with Crippen LogP contribution >= 0.6 is 0 Å². The summed E-state index contributed by atoms with van der Waals surface area (Å²) in [6.45, 7) is 0. The molecule has 0 saturated heterocycles. The van der Waals surface area contributed by atoms with Crippen molar-refractivity contribution in [3.8, 4) is 5.69 Å². The molecule has 1 fully saturated rings. The zero-order chi connectivity index (χ0) is 13.1. The molecule has 1 aromatic carbocycles. The minimum Gasteiger partial charge on any atom is -0.271 e. The number of nitrogens with one attached hydrogen (secondary N) is 1. The Morgan fingerprint density at radius 3 is 2.79 bits per heavy atom. The highest BCUT2D eigenvalue weighted by Gasteiger charge is 2.23. The first kappa shape index (κ1) is 12.4. The lowest BCUT2D eigenvalue weighted by atomic mass is 10.0. The van der Waals surface area contributed by atoms with E-state index in [1.165, 1.54) is 19.3 Å². The second-order valence-electron chi connectivity index (χ2n) is 5.29. The van der Waals surface area contributed by atoms with Crippen molar-refractivity contribution in [1.82, 2.24) is 15.2 Å². The van der Waals surface area contributed by atoms with Gasteiger partial charge in [-0.05, 0) is 30.9 Å². The normalized spacial score (nSPS) is 16.5. The first-order valence-corrected chi connectivity index (χ1v) is 6.93. The van der Waals surface area contributed by atoms with E-state index >= 15 is 0 Å². The molecule has 4 heteroatoms. The van der Waals surface area contributed by atoms with Gasteiger partial charge >= 0.3 is 0 Å². The van der Waals surface area contributed by atoms with E-state index in [1.54, 1.807) is 0 Å². The largest absolute Gasteiger partial charge is 0.271 e. The fourth-order valence-electron chi connectivity index (χ4n) is 2.39. The highest BCUT2D eigenvalue weighted by atomic mass is 15.3. The third-order valence-electron chi connectivity index (χ3n) is 3.79. The molecule has 1 aromatic heterocycles. The second kappa shape index (κ2) is 5.55. The third-order valence-corrected chi connectivity index (χ3v) is 3.79. The van der Waals surface area contributed by atoms with Crippen LogP contribution in [0.2, 0.25) is 0 Å². The van der Waals surface area contributed by atoms with Crippen LogP contribution in [0.25, 0.3) is 5.69 Å². The Labute approximate surface area is 113 Å². The lowest BCUT2D eigenvalue weighted by Gasteiger charge is -2.13. The van der Waals surface area contributed by atoms with Gasteiger partial charge in [-0.15, -0.1) is 0 Å². The van der Waals surface area contributed by atoms with Crippen LogP contribution in [0.15, 0.2) is 42.7 Å². The number of rotatable bonds is 6. The Balaban J connectivity index is 1.71. The van der Waals surface area contributed by atoms with Gasteiger partial charge in [0.15, 0.2) is 0 Å². The second-order valence-corrected chi connectivity index (χ2v) is 5.29. The summed E-state index contributed by atoms with van der Waals surface area (Å²) in [5, 5.41) is 4.42. The lowest BCUT2D eigenvalue weighted by Crippen LogP contribution is -2.27. The smallest absolute Gasteiger partial charge is 0.0645 e. The fourth-order valence-corrected chi connectivity index (χ4v) is 2.39. The molecule has 0 aliphatic heterocycles. The van der Waals surface area contributed by atoms with Crippen molar-refractivity contribution in [3.63, 3.8) is 0 Å². The molecule has 1 aliphatic rings. The number of hydrazine groups is 1. The Kier molecular flexibility index (Phi) is 3.62. The van der Waals surface area contributed by atoms with Crippen molar-refractivity contribution >= 4 is 0 Å². The molecule has 100 valence electrons. The Hall–Kier alpha value is -1.65. The maximum absolute atomic E-state index is 5.67. The summed E-state index contributed by atoms with van der Waals surface area (Å²) in [6, 6.07) is 10.3. The van der Waals surface area contributed by atoms with Gasteiger partial charge in [-0.3, -0.25) is 11.3 Å². The van der Waals surface area contributed by atoms with Crippen LogP contribution < -0.4 is 11.3 Å². The molecule has 1 saturated carbocycles. The molecule has 3 N–H and O–H groups in total. The predicted molar refractivity (Wildman–Crippen MR) is 75.6 cm³/mol. The molecular weight excluding hydrogens is 236 g/mol. The molecule has 0 amide bonds. The van der Waals surface area contributed by atoms with Crippen molar-refractivity contribution < 1.29 is 0 Å². The van der Waals surface area contributed by atoms with Crippen molar-refractivity contribution in [1.29, 1.82) is 0 Å². The van der Waals surface area contributed by atoms with E-state index in [2.05, 4.69) is 16.7 Å². The van der Waals surface area contributed by atoms with Crippen molar-refractivity contribution in [2.24, 2.45) is 11.8 Å². The first-order valence-electron chi connectivity index (χ1n) is 6.93. The van der Waals surface area contributed by atoms with Crippen molar-refractivity contribution in [2.75, 3.05) is 0 Å². The van der Waals surface area contributed by atoms with Gasteiger partial charge in [0.2, 0.25) is 0 Å². The first-order chi connectivity index (χ1) is 9.36. The van der Waals surface area contributed by atoms with Crippen molar-refractivity contribution in [3.05, 3.63) is 48.3 Å². The average molecular weight is 256 g/mol. The van der Waals surface area contributed by atoms with E-state index in [4.69, 9.17) is 5.84 Å². The van der Waals surface area contributed by atoms with Crippen LogP contribution in [0.4, 0.5) is 0 Å². The molecule has 0 spiro atoms. The van der Waals surface area contributed by atoms with Crippen molar-refractivity contribution in [2.45, 2.75) is 31.7 Å². The summed E-state index contributed by atoms with van der Waals surface area (Å²) in [4.78, 5) is 0. The van der Waals surface area contributed by atoms with E-state index < -0.39 is 0 Å². The standard InChI is InChI=1S/C15H20N4/c16-18-15(9-8-12-6-7-12)13-10-17-19(11-13)14-4-2-1-3-5-14/h1-5,10-12,15,18H,6-9,16H2. The maximum atomic E-state index is 5.67. The zero-order valence-corrected chi connectivity index (χ0v) is 11.0. The van der Waals surface area contributed by atoms with Gasteiger partial charge in [0, 0.05) is 17.8 Å². The molecule has 1 aliphatic carbocycles. The zero-order valence-electron chi connectivity index (χ0n) is 11.0. The van der Waals surface area contributed by atoms with Crippen LogP contribution in [0.5, 0.6) is 0 Å². The quantitative estimate of drug-likeness (QED) is 0.617. The van der Waals surface area contributed by atoms with Gasteiger partial charge in [-0.2, -0.15) is 5.10 Å². The molecule has 1 atom stereocenters. The lowest BCUT2D eigenvalue weighted by molar-refractivity contribution is 0.482. The molecule has 19 heavy (non-hydrogen) atoms. The Morgan fingerprint density at radius 2 is 2.11 bits per heavy atom. The monoisotopic (exact) mass is 256 g/mol. The van der Waals surface area contributed by atoms with Crippen LogP contribution in [-0.4, -0.2) is 9.78 Å². The summed E-state index contributed by atoms with van der Waals surface area (Å²) >= 11 is 0. The predicted octanol–water partition coefficient (Wildman–Crippen LogP) is 2.57. The topological polar surface area (TPSA) is 55.9 Å². The number of benzene rings is 1. The minimum absolute atomic E-state index is 0.207. The van der Waals surface area contributed by atoms with Crippen LogP contribution in [0.3, 0.4) is 0 Å². The van der Waals surface area contributed by atoms with Gasteiger partial charge in [-0.25, -0.2) is 4.68 Å². The number of nitrogens with two attached hydrogens (primary N) is 1. The molecule has 0 radical (unpaired) electrons.